The lowest BCUT2D eigenvalue weighted by atomic mass is 10.0. The first-order valence-corrected chi connectivity index (χ1v) is 6.97. The SMILES string of the molecule is CC(C)CC(NC(=O)c1cc(Cl)ccc1Br)C(=O)O. The Labute approximate surface area is 125 Å². The molecule has 19 heavy (non-hydrogen) atoms. The Kier molecular flexibility index (Phi) is 5.82. The second kappa shape index (κ2) is 6.91. The van der Waals surface area contributed by atoms with Gasteiger partial charge in [-0.05, 0) is 46.5 Å². The van der Waals surface area contributed by atoms with E-state index in [9.17, 15) is 9.59 Å². The Bertz CT molecular complexity index is 491. The first-order chi connectivity index (χ1) is 8.81. The molecule has 0 aromatic heterocycles. The van der Waals surface area contributed by atoms with E-state index in [0.717, 1.165) is 0 Å². The van der Waals surface area contributed by atoms with Gasteiger partial charge in [0, 0.05) is 9.50 Å². The predicted molar refractivity (Wildman–Crippen MR) is 77.5 cm³/mol. The summed E-state index contributed by atoms with van der Waals surface area (Å²) in [5.74, 6) is -1.33. The Hall–Kier alpha value is -1.07. The summed E-state index contributed by atoms with van der Waals surface area (Å²) in [6, 6.07) is 3.88. The van der Waals surface area contributed by atoms with Crippen LogP contribution in [0.4, 0.5) is 0 Å². The number of hydrogen-bond donors (Lipinski definition) is 2. The molecule has 0 radical (unpaired) electrons. The van der Waals surface area contributed by atoms with Crippen molar-refractivity contribution < 1.29 is 14.7 Å². The van der Waals surface area contributed by atoms with Crippen molar-refractivity contribution in [2.45, 2.75) is 26.3 Å². The molecule has 1 aromatic rings. The third kappa shape index (κ3) is 4.84. The molecular weight excluding hydrogens is 334 g/mol. The molecule has 1 rings (SSSR count). The minimum atomic E-state index is -1.04. The van der Waals surface area contributed by atoms with Gasteiger partial charge < -0.3 is 10.4 Å². The summed E-state index contributed by atoms with van der Waals surface area (Å²) in [7, 11) is 0. The monoisotopic (exact) mass is 347 g/mol. The van der Waals surface area contributed by atoms with E-state index in [0.29, 0.717) is 21.5 Å². The highest BCUT2D eigenvalue weighted by Crippen LogP contribution is 2.21. The molecule has 0 heterocycles. The average molecular weight is 349 g/mol. The maximum absolute atomic E-state index is 12.1. The van der Waals surface area contributed by atoms with Crippen LogP contribution in [0.5, 0.6) is 0 Å². The lowest BCUT2D eigenvalue weighted by Gasteiger charge is -2.17. The molecule has 4 nitrogen and oxygen atoms in total. The number of hydrogen-bond acceptors (Lipinski definition) is 2. The third-order valence-electron chi connectivity index (χ3n) is 2.48. The van der Waals surface area contributed by atoms with Gasteiger partial charge >= 0.3 is 5.97 Å². The van der Waals surface area contributed by atoms with Crippen LogP contribution in [0.3, 0.4) is 0 Å². The maximum Gasteiger partial charge on any atom is 0.326 e. The standard InChI is InChI=1S/C13H15BrClNO3/c1-7(2)5-11(13(18)19)16-12(17)9-6-8(15)3-4-10(9)14/h3-4,6-7,11H,5H2,1-2H3,(H,16,17)(H,18,19). The molecule has 0 fully saturated rings. The molecule has 104 valence electrons. The van der Waals surface area contributed by atoms with E-state index >= 15 is 0 Å². The fourth-order valence-corrected chi connectivity index (χ4v) is 2.20. The van der Waals surface area contributed by atoms with Gasteiger partial charge in [0.05, 0.1) is 5.56 Å². The molecule has 0 spiro atoms. The average Bonchev–Trinajstić information content (AvgIpc) is 2.30. The van der Waals surface area contributed by atoms with E-state index in [1.165, 1.54) is 6.07 Å². The van der Waals surface area contributed by atoms with Crippen LogP contribution >= 0.6 is 27.5 Å². The highest BCUT2D eigenvalue weighted by Gasteiger charge is 2.22. The Balaban J connectivity index is 2.87. The third-order valence-corrected chi connectivity index (χ3v) is 3.41. The van der Waals surface area contributed by atoms with Crippen LogP contribution in [-0.2, 0) is 4.79 Å². The van der Waals surface area contributed by atoms with Gasteiger partial charge in [-0.1, -0.05) is 25.4 Å². The van der Waals surface area contributed by atoms with E-state index < -0.39 is 17.9 Å². The molecule has 1 amide bonds. The highest BCUT2D eigenvalue weighted by molar-refractivity contribution is 9.10. The summed E-state index contributed by atoms with van der Waals surface area (Å²) in [5.41, 5.74) is 0.322. The Morgan fingerprint density at radius 1 is 1.42 bits per heavy atom. The largest absolute Gasteiger partial charge is 0.480 e. The number of aliphatic carboxylic acids is 1. The quantitative estimate of drug-likeness (QED) is 0.857. The van der Waals surface area contributed by atoms with Crippen molar-refractivity contribution in [2.75, 3.05) is 0 Å². The topological polar surface area (TPSA) is 66.4 Å². The summed E-state index contributed by atoms with van der Waals surface area (Å²) < 4.78 is 0.572. The van der Waals surface area contributed by atoms with Crippen LogP contribution in [0.15, 0.2) is 22.7 Å². The molecule has 2 N–H and O–H groups in total. The summed E-state index contributed by atoms with van der Waals surface area (Å²) in [6.07, 6.45) is 0.374. The van der Waals surface area contributed by atoms with Crippen molar-refractivity contribution in [1.82, 2.24) is 5.32 Å². The molecule has 0 saturated carbocycles. The Morgan fingerprint density at radius 2 is 2.05 bits per heavy atom. The van der Waals surface area contributed by atoms with Crippen LogP contribution in [0.1, 0.15) is 30.6 Å². The lowest BCUT2D eigenvalue weighted by Crippen LogP contribution is -2.41. The van der Waals surface area contributed by atoms with Gasteiger partial charge in [-0.25, -0.2) is 4.79 Å². The number of amides is 1. The summed E-state index contributed by atoms with van der Waals surface area (Å²) in [5, 5.41) is 12.0. The van der Waals surface area contributed by atoms with E-state index in [1.807, 2.05) is 13.8 Å². The molecule has 1 unspecified atom stereocenters. The summed E-state index contributed by atoms with van der Waals surface area (Å²) >= 11 is 9.07. The van der Waals surface area contributed by atoms with E-state index in [-0.39, 0.29) is 5.92 Å². The van der Waals surface area contributed by atoms with Gasteiger partial charge in [-0.15, -0.1) is 0 Å². The minimum absolute atomic E-state index is 0.171. The summed E-state index contributed by atoms with van der Waals surface area (Å²) in [4.78, 5) is 23.2. The molecule has 6 heteroatoms. The number of carbonyl (C=O) groups is 2. The number of halogens is 2. The van der Waals surface area contributed by atoms with Gasteiger partial charge in [0.2, 0.25) is 0 Å². The highest BCUT2D eigenvalue weighted by atomic mass is 79.9. The van der Waals surface area contributed by atoms with Crippen molar-refractivity contribution >= 4 is 39.4 Å². The van der Waals surface area contributed by atoms with Gasteiger partial charge in [-0.3, -0.25) is 4.79 Å². The van der Waals surface area contributed by atoms with Crippen molar-refractivity contribution in [3.63, 3.8) is 0 Å². The minimum Gasteiger partial charge on any atom is -0.480 e. The van der Waals surface area contributed by atoms with Gasteiger partial charge in [0.15, 0.2) is 0 Å². The van der Waals surface area contributed by atoms with Crippen molar-refractivity contribution in [3.8, 4) is 0 Å². The second-order valence-electron chi connectivity index (χ2n) is 4.62. The first kappa shape index (κ1) is 16.0. The normalized spacial score (nSPS) is 12.3. The molecule has 1 aromatic carbocycles. The molecule has 0 bridgehead atoms. The predicted octanol–water partition coefficient (Wildman–Crippen LogP) is 3.33. The molecule has 0 aliphatic heterocycles. The second-order valence-corrected chi connectivity index (χ2v) is 5.91. The van der Waals surface area contributed by atoms with Crippen molar-refractivity contribution in [2.24, 2.45) is 5.92 Å². The zero-order valence-electron chi connectivity index (χ0n) is 10.6. The molecule has 1 atom stereocenters. The molecule has 0 saturated heterocycles. The number of carbonyl (C=O) groups excluding carboxylic acids is 1. The van der Waals surface area contributed by atoms with Crippen LogP contribution < -0.4 is 5.32 Å². The van der Waals surface area contributed by atoms with E-state index in [4.69, 9.17) is 16.7 Å². The zero-order valence-corrected chi connectivity index (χ0v) is 13.0. The van der Waals surface area contributed by atoms with Gasteiger partial charge in [-0.2, -0.15) is 0 Å². The van der Waals surface area contributed by atoms with E-state index in [2.05, 4.69) is 21.2 Å². The smallest absolute Gasteiger partial charge is 0.326 e. The van der Waals surface area contributed by atoms with Crippen molar-refractivity contribution in [1.29, 1.82) is 0 Å². The number of benzene rings is 1. The van der Waals surface area contributed by atoms with Crippen molar-refractivity contribution in [3.05, 3.63) is 33.3 Å². The van der Waals surface area contributed by atoms with Crippen LogP contribution in [0.2, 0.25) is 5.02 Å². The number of rotatable bonds is 5. The zero-order chi connectivity index (χ0) is 14.6. The number of carboxylic acids is 1. The maximum atomic E-state index is 12.1. The number of nitrogens with one attached hydrogen (secondary N) is 1. The molecule has 0 aliphatic rings. The summed E-state index contributed by atoms with van der Waals surface area (Å²) in [6.45, 7) is 3.80. The lowest BCUT2D eigenvalue weighted by molar-refractivity contribution is -0.139. The van der Waals surface area contributed by atoms with Gasteiger partial charge in [0.25, 0.3) is 5.91 Å². The number of carboxylic acid groups (broad SMARTS) is 1. The van der Waals surface area contributed by atoms with Crippen LogP contribution in [-0.4, -0.2) is 23.0 Å². The van der Waals surface area contributed by atoms with E-state index in [1.54, 1.807) is 12.1 Å². The van der Waals surface area contributed by atoms with Gasteiger partial charge in [0.1, 0.15) is 6.04 Å². The first-order valence-electron chi connectivity index (χ1n) is 5.80. The fraction of sp³-hybridized carbons (Fsp3) is 0.385. The van der Waals surface area contributed by atoms with Crippen LogP contribution in [0, 0.1) is 5.92 Å². The Morgan fingerprint density at radius 3 is 2.58 bits per heavy atom. The van der Waals surface area contributed by atoms with Crippen LogP contribution in [0.25, 0.3) is 0 Å². The fourth-order valence-electron chi connectivity index (χ4n) is 1.60. The molecule has 0 aliphatic carbocycles. The molecular formula is C13H15BrClNO3.